The summed E-state index contributed by atoms with van der Waals surface area (Å²) in [6, 6.07) is 0. The highest BCUT2D eigenvalue weighted by Crippen LogP contribution is 2.20. The van der Waals surface area contributed by atoms with E-state index in [0.29, 0.717) is 0 Å². The molecule has 0 nitrogen and oxygen atoms in total. The smallest absolute Gasteiger partial charge is 0.00193 e. The maximum absolute atomic E-state index is 3.75. The van der Waals surface area contributed by atoms with Crippen molar-refractivity contribution in [3.05, 3.63) is 66.0 Å². The highest BCUT2D eigenvalue weighted by molar-refractivity contribution is 5.45. The molecule has 0 radical (unpaired) electrons. The van der Waals surface area contributed by atoms with Crippen LogP contribution < -0.4 is 0 Å². The lowest BCUT2D eigenvalue weighted by atomic mass is 9.97. The van der Waals surface area contributed by atoms with Gasteiger partial charge >= 0.3 is 0 Å². The molecule has 0 aliphatic heterocycles. The molecule has 1 aliphatic rings. The van der Waals surface area contributed by atoms with Crippen molar-refractivity contribution in [2.24, 2.45) is 0 Å². The fraction of sp³-hybridized carbons (Fsp3) is 0.389. The van der Waals surface area contributed by atoms with E-state index in [1.54, 1.807) is 0 Å². The first-order valence-corrected chi connectivity index (χ1v) is 6.84. The molecule has 0 saturated carbocycles. The van der Waals surface area contributed by atoms with E-state index in [4.69, 9.17) is 0 Å². The Morgan fingerprint density at radius 2 is 1.78 bits per heavy atom. The minimum Gasteiger partial charge on any atom is -0.113 e. The van der Waals surface area contributed by atoms with Gasteiger partial charge in [-0.25, -0.2) is 0 Å². The van der Waals surface area contributed by atoms with Crippen LogP contribution in [0.25, 0.3) is 0 Å². The van der Waals surface area contributed by atoms with Crippen molar-refractivity contribution < 1.29 is 0 Å². The van der Waals surface area contributed by atoms with Crippen molar-refractivity contribution in [2.45, 2.75) is 45.4 Å². The second-order valence-corrected chi connectivity index (χ2v) is 4.67. The lowest BCUT2D eigenvalue weighted by Crippen LogP contribution is -1.89. The average Bonchev–Trinajstić information content (AvgIpc) is 2.38. The molecular weight excluding hydrogens is 216 g/mol. The van der Waals surface area contributed by atoms with Gasteiger partial charge in [-0.05, 0) is 62.2 Å². The third kappa shape index (κ3) is 5.21. The Balaban J connectivity index is 2.52. The Bertz CT molecular complexity index is 409. The maximum Gasteiger partial charge on any atom is -0.00193 e. The molecule has 96 valence electrons. The van der Waals surface area contributed by atoms with E-state index in [1.165, 1.54) is 29.6 Å². The van der Waals surface area contributed by atoms with Gasteiger partial charge in [0, 0.05) is 0 Å². The molecule has 0 saturated heterocycles. The van der Waals surface area contributed by atoms with Gasteiger partial charge in [0.1, 0.15) is 0 Å². The molecule has 0 amide bonds. The molecule has 0 spiro atoms. The monoisotopic (exact) mass is 240 g/mol. The van der Waals surface area contributed by atoms with Gasteiger partial charge in [0.25, 0.3) is 0 Å². The minimum atomic E-state index is 1.03. The van der Waals surface area contributed by atoms with E-state index >= 15 is 0 Å². The Morgan fingerprint density at radius 3 is 2.44 bits per heavy atom. The SMILES string of the molecule is C=CCCCC/C=C1\C=CC(CCC=C)=C=C1C. The van der Waals surface area contributed by atoms with E-state index in [2.05, 4.69) is 44.0 Å². The molecular formula is C18H24. The summed E-state index contributed by atoms with van der Waals surface area (Å²) >= 11 is 0. The number of hydrogen-bond acceptors (Lipinski definition) is 0. The van der Waals surface area contributed by atoms with Gasteiger partial charge in [0.05, 0.1) is 0 Å². The van der Waals surface area contributed by atoms with Crippen LogP contribution in [-0.4, -0.2) is 0 Å². The molecule has 0 bridgehead atoms. The Labute approximate surface area is 112 Å². The third-order valence-electron chi connectivity index (χ3n) is 3.09. The zero-order chi connectivity index (χ0) is 13.2. The second kappa shape index (κ2) is 8.55. The number of hydrogen-bond donors (Lipinski definition) is 0. The zero-order valence-electron chi connectivity index (χ0n) is 11.5. The van der Waals surface area contributed by atoms with Gasteiger partial charge in [0.15, 0.2) is 0 Å². The van der Waals surface area contributed by atoms with Crippen molar-refractivity contribution in [3.8, 4) is 0 Å². The summed E-state index contributed by atoms with van der Waals surface area (Å²) in [7, 11) is 0. The molecule has 0 aromatic carbocycles. The summed E-state index contributed by atoms with van der Waals surface area (Å²) in [6.07, 6.45) is 17.5. The minimum absolute atomic E-state index is 1.03. The number of unbranched alkanes of at least 4 members (excludes halogenated alkanes) is 3. The molecule has 0 aromatic rings. The quantitative estimate of drug-likeness (QED) is 0.291. The highest BCUT2D eigenvalue weighted by Gasteiger charge is 2.02. The summed E-state index contributed by atoms with van der Waals surface area (Å²) in [5.41, 5.74) is 7.35. The predicted molar refractivity (Wildman–Crippen MR) is 81.5 cm³/mol. The summed E-state index contributed by atoms with van der Waals surface area (Å²) in [4.78, 5) is 0. The van der Waals surface area contributed by atoms with Crippen LogP contribution in [0.3, 0.4) is 0 Å². The summed E-state index contributed by atoms with van der Waals surface area (Å²) < 4.78 is 0. The fourth-order valence-electron chi connectivity index (χ4n) is 1.99. The Hall–Kier alpha value is -1.52. The molecule has 1 rings (SSSR count). The van der Waals surface area contributed by atoms with Gasteiger partial charge in [0.2, 0.25) is 0 Å². The van der Waals surface area contributed by atoms with Gasteiger partial charge in [-0.3, -0.25) is 0 Å². The zero-order valence-corrected chi connectivity index (χ0v) is 11.5. The summed E-state index contributed by atoms with van der Waals surface area (Å²) in [6.45, 7) is 9.64. The number of rotatable bonds is 8. The topological polar surface area (TPSA) is 0 Å². The largest absolute Gasteiger partial charge is 0.113 e. The summed E-state index contributed by atoms with van der Waals surface area (Å²) in [5, 5.41) is 0. The van der Waals surface area contributed by atoms with Crippen molar-refractivity contribution in [3.63, 3.8) is 0 Å². The van der Waals surface area contributed by atoms with Crippen molar-refractivity contribution in [1.29, 1.82) is 0 Å². The highest BCUT2D eigenvalue weighted by atomic mass is 14.1. The number of allylic oxidation sites excluding steroid dienone is 7. The standard InChI is InChI=1S/C18H24/c1-4-6-8-9-10-12-18-14-13-17(11-7-5-2)15-16(18)3/h4-5,12-14H,1-2,6-11H2,3H3/b18-12+. The molecule has 0 N–H and O–H groups in total. The lowest BCUT2D eigenvalue weighted by molar-refractivity contribution is 0.761. The summed E-state index contributed by atoms with van der Waals surface area (Å²) in [5.74, 6) is 0. The lowest BCUT2D eigenvalue weighted by Gasteiger charge is -2.07. The van der Waals surface area contributed by atoms with Crippen LogP contribution in [0.4, 0.5) is 0 Å². The molecule has 0 heteroatoms. The van der Waals surface area contributed by atoms with Crippen LogP contribution in [-0.2, 0) is 0 Å². The van der Waals surface area contributed by atoms with Gasteiger partial charge < -0.3 is 0 Å². The van der Waals surface area contributed by atoms with Crippen LogP contribution in [0.2, 0.25) is 0 Å². The molecule has 1 aliphatic carbocycles. The first-order valence-electron chi connectivity index (χ1n) is 6.84. The van der Waals surface area contributed by atoms with E-state index in [9.17, 15) is 0 Å². The normalized spacial score (nSPS) is 16.4. The van der Waals surface area contributed by atoms with Crippen LogP contribution in [0.15, 0.2) is 66.0 Å². The van der Waals surface area contributed by atoms with Crippen LogP contribution in [0.1, 0.15) is 45.4 Å². The van der Waals surface area contributed by atoms with Crippen molar-refractivity contribution in [1.82, 2.24) is 0 Å². The Morgan fingerprint density at radius 1 is 1.06 bits per heavy atom. The molecule has 0 fully saturated rings. The molecule has 0 unspecified atom stereocenters. The molecule has 0 atom stereocenters. The van der Waals surface area contributed by atoms with E-state index in [1.807, 2.05) is 12.2 Å². The molecule has 0 heterocycles. The van der Waals surface area contributed by atoms with Gasteiger partial charge in [-0.15, -0.1) is 18.9 Å². The van der Waals surface area contributed by atoms with E-state index in [-0.39, 0.29) is 0 Å². The van der Waals surface area contributed by atoms with E-state index < -0.39 is 0 Å². The van der Waals surface area contributed by atoms with Gasteiger partial charge in [-0.2, -0.15) is 0 Å². The second-order valence-electron chi connectivity index (χ2n) is 4.67. The average molecular weight is 240 g/mol. The Kier molecular flexibility index (Phi) is 6.91. The molecule has 0 aromatic heterocycles. The fourth-order valence-corrected chi connectivity index (χ4v) is 1.99. The van der Waals surface area contributed by atoms with Crippen molar-refractivity contribution >= 4 is 0 Å². The third-order valence-corrected chi connectivity index (χ3v) is 3.09. The van der Waals surface area contributed by atoms with Crippen LogP contribution >= 0.6 is 0 Å². The molecule has 18 heavy (non-hydrogen) atoms. The van der Waals surface area contributed by atoms with E-state index in [0.717, 1.165) is 25.7 Å². The first kappa shape index (κ1) is 14.5. The van der Waals surface area contributed by atoms with Crippen molar-refractivity contribution in [2.75, 3.05) is 0 Å². The maximum atomic E-state index is 3.75. The van der Waals surface area contributed by atoms with Gasteiger partial charge in [-0.1, -0.05) is 30.4 Å². The van der Waals surface area contributed by atoms with Crippen LogP contribution in [0.5, 0.6) is 0 Å². The first-order chi connectivity index (χ1) is 8.77. The predicted octanol–water partition coefficient (Wildman–Crippen LogP) is 5.67. The van der Waals surface area contributed by atoms with Crippen LogP contribution in [0, 0.1) is 0 Å².